The molecular weight excluding hydrogens is 212 g/mol. The second-order valence-corrected chi connectivity index (χ2v) is 3.92. The Morgan fingerprint density at radius 2 is 1.59 bits per heavy atom. The van der Waals surface area contributed by atoms with Gasteiger partial charge in [0.2, 0.25) is 0 Å². The average Bonchev–Trinajstić information content (AvgIpc) is 2.36. The molecule has 0 saturated heterocycles. The summed E-state index contributed by atoms with van der Waals surface area (Å²) in [5.74, 6) is 1.83. The molecule has 0 radical (unpaired) electrons. The molecule has 0 N–H and O–H groups in total. The number of allylic oxidation sites excluding steroid dienone is 1. The Labute approximate surface area is 104 Å². The van der Waals surface area contributed by atoms with Crippen molar-refractivity contribution >= 4 is 0 Å². The molecule has 0 aliphatic heterocycles. The third kappa shape index (κ3) is 4.14. The summed E-state index contributed by atoms with van der Waals surface area (Å²) >= 11 is 0. The smallest absolute Gasteiger partial charge is 0.126 e. The highest BCUT2D eigenvalue weighted by Gasteiger charge is 2.09. The number of rotatable bonds is 8. The van der Waals surface area contributed by atoms with Gasteiger partial charge in [0.15, 0.2) is 0 Å². The third-order valence-electron chi connectivity index (χ3n) is 2.36. The molecule has 0 aromatic heterocycles. The Balaban J connectivity index is 2.90. The summed E-state index contributed by atoms with van der Waals surface area (Å²) in [6, 6.07) is 5.96. The van der Waals surface area contributed by atoms with Crippen molar-refractivity contribution in [3.05, 3.63) is 36.4 Å². The first-order valence-electron chi connectivity index (χ1n) is 6.31. The van der Waals surface area contributed by atoms with Crippen LogP contribution in [-0.4, -0.2) is 13.2 Å². The maximum Gasteiger partial charge on any atom is 0.126 e. The molecule has 1 aromatic carbocycles. The van der Waals surface area contributed by atoms with Gasteiger partial charge in [0, 0.05) is 5.56 Å². The number of hydrogen-bond acceptors (Lipinski definition) is 2. The van der Waals surface area contributed by atoms with E-state index in [-0.39, 0.29) is 0 Å². The monoisotopic (exact) mass is 234 g/mol. The van der Waals surface area contributed by atoms with Gasteiger partial charge in [0.05, 0.1) is 13.2 Å². The molecule has 0 heterocycles. The van der Waals surface area contributed by atoms with Crippen molar-refractivity contribution in [2.45, 2.75) is 33.1 Å². The lowest BCUT2D eigenvalue weighted by Crippen LogP contribution is -2.03. The van der Waals surface area contributed by atoms with Gasteiger partial charge in [-0.1, -0.05) is 26.0 Å². The number of hydrogen-bond donors (Lipinski definition) is 0. The molecule has 1 rings (SSSR count). The van der Waals surface area contributed by atoms with E-state index in [1.165, 1.54) is 0 Å². The first kappa shape index (κ1) is 13.6. The molecule has 0 fully saturated rings. The predicted molar refractivity (Wildman–Crippen MR) is 71.9 cm³/mol. The summed E-state index contributed by atoms with van der Waals surface area (Å²) in [6.07, 6.45) is 4.67. The van der Waals surface area contributed by atoms with Crippen LogP contribution in [0.1, 0.15) is 32.3 Å². The van der Waals surface area contributed by atoms with Crippen molar-refractivity contribution in [1.82, 2.24) is 0 Å². The Kier molecular flexibility index (Phi) is 6.23. The van der Waals surface area contributed by atoms with Crippen LogP contribution in [0.5, 0.6) is 11.5 Å². The maximum absolute atomic E-state index is 5.73. The molecule has 0 amide bonds. The zero-order valence-electron chi connectivity index (χ0n) is 10.9. The quantitative estimate of drug-likeness (QED) is 0.633. The molecule has 2 heteroatoms. The van der Waals surface area contributed by atoms with Gasteiger partial charge in [-0.05, 0) is 31.4 Å². The minimum absolute atomic E-state index is 0.737. The van der Waals surface area contributed by atoms with Gasteiger partial charge in [-0.25, -0.2) is 0 Å². The van der Waals surface area contributed by atoms with Crippen molar-refractivity contribution in [1.29, 1.82) is 0 Å². The molecule has 0 aliphatic rings. The molecule has 0 bridgehead atoms. The van der Waals surface area contributed by atoms with E-state index in [1.807, 2.05) is 24.3 Å². The van der Waals surface area contributed by atoms with E-state index in [1.54, 1.807) is 0 Å². The Hall–Kier alpha value is -1.44. The minimum Gasteiger partial charge on any atom is -0.493 e. The van der Waals surface area contributed by atoms with Crippen LogP contribution in [-0.2, 0) is 6.42 Å². The fourth-order valence-corrected chi connectivity index (χ4v) is 1.59. The van der Waals surface area contributed by atoms with E-state index >= 15 is 0 Å². The van der Waals surface area contributed by atoms with Crippen LogP contribution in [0, 0.1) is 0 Å². The highest BCUT2D eigenvalue weighted by Crippen LogP contribution is 2.29. The van der Waals surface area contributed by atoms with Gasteiger partial charge in [-0.3, -0.25) is 0 Å². The van der Waals surface area contributed by atoms with Crippen LogP contribution >= 0.6 is 0 Å². The predicted octanol–water partition coefficient (Wildman–Crippen LogP) is 3.99. The third-order valence-corrected chi connectivity index (χ3v) is 2.36. The van der Waals surface area contributed by atoms with Crippen molar-refractivity contribution in [2.24, 2.45) is 0 Å². The zero-order valence-corrected chi connectivity index (χ0v) is 10.9. The fourth-order valence-electron chi connectivity index (χ4n) is 1.59. The molecule has 0 aliphatic carbocycles. The first-order chi connectivity index (χ1) is 8.33. The minimum atomic E-state index is 0.737. The lowest BCUT2D eigenvalue weighted by Gasteiger charge is -2.14. The fraction of sp³-hybridized carbons (Fsp3) is 0.467. The van der Waals surface area contributed by atoms with E-state index in [2.05, 4.69) is 20.4 Å². The summed E-state index contributed by atoms with van der Waals surface area (Å²) in [6.45, 7) is 9.47. The Bertz CT molecular complexity index is 319. The van der Waals surface area contributed by atoms with E-state index < -0.39 is 0 Å². The van der Waals surface area contributed by atoms with Gasteiger partial charge < -0.3 is 9.47 Å². The van der Waals surface area contributed by atoms with Crippen LogP contribution in [0.3, 0.4) is 0 Å². The van der Waals surface area contributed by atoms with Gasteiger partial charge in [0.25, 0.3) is 0 Å². The summed E-state index contributed by atoms with van der Waals surface area (Å²) in [5, 5.41) is 0. The largest absolute Gasteiger partial charge is 0.493 e. The summed E-state index contributed by atoms with van der Waals surface area (Å²) in [5.41, 5.74) is 1.10. The van der Waals surface area contributed by atoms with Crippen molar-refractivity contribution in [3.63, 3.8) is 0 Å². The van der Waals surface area contributed by atoms with Gasteiger partial charge >= 0.3 is 0 Å². The lowest BCUT2D eigenvalue weighted by atomic mass is 10.1. The molecule has 0 unspecified atom stereocenters. The molecule has 17 heavy (non-hydrogen) atoms. The van der Waals surface area contributed by atoms with E-state index in [0.29, 0.717) is 0 Å². The average molecular weight is 234 g/mol. The first-order valence-corrected chi connectivity index (χ1v) is 6.31. The maximum atomic E-state index is 5.73. The molecule has 1 aromatic rings. The number of benzene rings is 1. The normalized spacial score (nSPS) is 10.0. The molecule has 0 spiro atoms. The molecular formula is C15H22O2. The van der Waals surface area contributed by atoms with Crippen molar-refractivity contribution < 1.29 is 9.47 Å². The van der Waals surface area contributed by atoms with Crippen molar-refractivity contribution in [2.75, 3.05) is 13.2 Å². The second kappa shape index (κ2) is 7.77. The van der Waals surface area contributed by atoms with Crippen LogP contribution in [0.2, 0.25) is 0 Å². The van der Waals surface area contributed by atoms with Crippen LogP contribution in [0.25, 0.3) is 0 Å². The molecule has 0 saturated carbocycles. The van der Waals surface area contributed by atoms with E-state index in [9.17, 15) is 0 Å². The van der Waals surface area contributed by atoms with Gasteiger partial charge in [-0.15, -0.1) is 6.58 Å². The lowest BCUT2D eigenvalue weighted by molar-refractivity contribution is 0.296. The second-order valence-electron chi connectivity index (χ2n) is 3.92. The zero-order chi connectivity index (χ0) is 12.5. The van der Waals surface area contributed by atoms with E-state index in [4.69, 9.17) is 9.47 Å². The SMILES string of the molecule is C=CCc1c(OCCC)cccc1OCCC. The standard InChI is InChI=1S/C15H22O2/c1-4-8-13-14(16-11-5-2)9-7-10-15(13)17-12-6-3/h4,7,9-10H,1,5-6,8,11-12H2,2-3H3. The number of ether oxygens (including phenoxy) is 2. The highest BCUT2D eigenvalue weighted by atomic mass is 16.5. The van der Waals surface area contributed by atoms with Gasteiger partial charge in [0.1, 0.15) is 11.5 Å². The Morgan fingerprint density at radius 3 is 2.00 bits per heavy atom. The summed E-state index contributed by atoms with van der Waals surface area (Å²) in [4.78, 5) is 0. The van der Waals surface area contributed by atoms with Crippen molar-refractivity contribution in [3.8, 4) is 11.5 Å². The summed E-state index contributed by atoms with van der Waals surface area (Å²) in [7, 11) is 0. The van der Waals surface area contributed by atoms with Crippen LogP contribution in [0.4, 0.5) is 0 Å². The van der Waals surface area contributed by atoms with Gasteiger partial charge in [-0.2, -0.15) is 0 Å². The molecule has 2 nitrogen and oxygen atoms in total. The molecule has 94 valence electrons. The van der Waals surface area contributed by atoms with Crippen LogP contribution in [0.15, 0.2) is 30.9 Å². The Morgan fingerprint density at radius 1 is 1.06 bits per heavy atom. The molecule has 0 atom stereocenters. The topological polar surface area (TPSA) is 18.5 Å². The summed E-state index contributed by atoms with van der Waals surface area (Å²) < 4.78 is 11.5. The van der Waals surface area contributed by atoms with E-state index in [0.717, 1.165) is 49.5 Å². The highest BCUT2D eigenvalue weighted by molar-refractivity contribution is 5.45. The van der Waals surface area contributed by atoms with Crippen LogP contribution < -0.4 is 9.47 Å².